The molecule has 4 fully saturated rings. The van der Waals surface area contributed by atoms with Crippen LogP contribution in [0.25, 0.3) is 19.4 Å². The first-order valence-electron chi connectivity index (χ1n) is 40.5. The summed E-state index contributed by atoms with van der Waals surface area (Å²) in [5.74, 6) is 1.11. The zero-order chi connectivity index (χ0) is 92.0. The number of carbonyl (C=O) groups is 6. The number of halogens is 1. The lowest BCUT2D eigenvalue weighted by molar-refractivity contribution is 0.0426. The molecule has 4 spiro atoms. The topological polar surface area (TPSA) is 508 Å². The van der Waals surface area contributed by atoms with E-state index < -0.39 is 46.0 Å². The highest BCUT2D eigenvalue weighted by Gasteiger charge is 2.52. The number of piperidine rings is 4. The highest BCUT2D eigenvalue weighted by atomic mass is 79.9. The monoisotopic (exact) mass is 1800 g/mol. The van der Waals surface area contributed by atoms with E-state index in [9.17, 15) is 47.9 Å². The Labute approximate surface area is 737 Å². The number of amides is 6. The molecular weight excluding hydrogens is 1700 g/mol. The third-order valence-corrected chi connectivity index (χ3v) is 22.9. The zero-order valence-corrected chi connectivity index (χ0v) is 73.6. The third kappa shape index (κ3) is 20.0. The molecule has 44 heteroatoms. The van der Waals surface area contributed by atoms with Gasteiger partial charge in [0.25, 0.3) is 72.5 Å². The van der Waals surface area contributed by atoms with E-state index in [2.05, 4.69) is 112 Å². The molecule has 8 aliphatic rings. The van der Waals surface area contributed by atoms with Crippen molar-refractivity contribution in [2.24, 2.45) is 0 Å². The number of nitrogens with two attached hydrogens (primary N) is 3. The highest BCUT2D eigenvalue weighted by molar-refractivity contribution is 9.10. The van der Waals surface area contributed by atoms with Gasteiger partial charge in [-0.2, -0.15) is 4.90 Å². The standard InChI is InChI=1S/C19H21N7O2.2C18H20N8O2.C14H15BrN4O2.C14H22N4O4/c1-12-8-14(23-15-9-13(2)21-10-22-15)18(28)26-16(12)17(27)24-19(26)4-6-25(7-5-19)11-20-3;2*1-11-7-12(23-14-8-13(19)21-9-22-14)17(28)26-15(11)16(27)24-18(26)3-5-25(6-4-18)10-20-2;1-9-7-10(15)13(21)19-11(9)12(20)17-14(19)3-5-18(6-4-14)8-16-2;1-13(2,3)21-11(19)18(12(20)22-14(4,5)6)10-7-9(15)16-8-17-10/h8-10H,4-7,11H2,1-2H3,(H,24,27)(H,21,22,23);2*7-9H,3-6,10H2,1H3,(H,24,27)(H3,19,21,22,23);7H,3-6,8H2,1H3,(H,17,20);7-8H,1-6H3,(H2,15,16,17). The van der Waals surface area contributed by atoms with Crippen molar-refractivity contribution in [1.82, 2.24) is 99.0 Å². The summed E-state index contributed by atoms with van der Waals surface area (Å²) in [5.41, 5.74) is 17.8. The molecule has 8 aromatic rings. The molecule has 0 bridgehead atoms. The highest BCUT2D eigenvalue weighted by Crippen LogP contribution is 2.40. The van der Waals surface area contributed by atoms with Crippen LogP contribution in [-0.2, 0) is 32.1 Å². The lowest BCUT2D eigenvalue weighted by Gasteiger charge is -2.38. The van der Waals surface area contributed by atoms with Crippen molar-refractivity contribution in [2.45, 2.75) is 161 Å². The summed E-state index contributed by atoms with van der Waals surface area (Å²) in [6, 6.07) is 12.8. The third-order valence-electron chi connectivity index (χ3n) is 22.3. The Bertz CT molecular complexity index is 5660. The van der Waals surface area contributed by atoms with Gasteiger partial charge >= 0.3 is 12.2 Å². The number of hydrogen-bond acceptors (Lipinski definition) is 30. The van der Waals surface area contributed by atoms with Crippen molar-refractivity contribution in [3.05, 3.63) is 216 Å². The molecule has 0 unspecified atom stereocenters. The summed E-state index contributed by atoms with van der Waals surface area (Å²) >= 11 is 3.28. The Hall–Kier alpha value is -14.2. The number of aryl methyl sites for hydroxylation is 5. The molecule has 43 nitrogen and oxygen atoms in total. The second-order valence-corrected chi connectivity index (χ2v) is 34.5. The van der Waals surface area contributed by atoms with Gasteiger partial charge in [0, 0.05) is 134 Å². The minimum absolute atomic E-state index is 0.0176. The number of pyridine rings is 4. The molecule has 664 valence electrons. The normalized spacial score (nSPS) is 17.1. The Kier molecular flexibility index (Phi) is 27.0. The molecule has 0 radical (unpaired) electrons. The van der Waals surface area contributed by atoms with Gasteiger partial charge in [-0.25, -0.2) is 95.3 Å². The van der Waals surface area contributed by atoms with Crippen LogP contribution in [0.4, 0.5) is 67.4 Å². The predicted octanol–water partition coefficient (Wildman–Crippen LogP) is 6.67. The molecule has 16 rings (SSSR count). The quantitative estimate of drug-likeness (QED) is 0.0604. The van der Waals surface area contributed by atoms with Crippen molar-refractivity contribution in [2.75, 3.05) is 117 Å². The minimum atomic E-state index is -0.903. The van der Waals surface area contributed by atoms with Crippen molar-refractivity contribution in [1.29, 1.82) is 0 Å². The molecular formula is C83H98BrN31O12. The molecule has 4 saturated heterocycles. The molecule has 0 aromatic carbocycles. The van der Waals surface area contributed by atoms with Gasteiger partial charge in [-0.15, -0.1) is 0 Å². The van der Waals surface area contributed by atoms with Crippen LogP contribution in [0.1, 0.15) is 163 Å². The Morgan fingerprint density at radius 2 is 0.677 bits per heavy atom. The molecule has 0 aliphatic carbocycles. The number of nitrogens with one attached hydrogen (secondary N) is 7. The first-order chi connectivity index (χ1) is 60.2. The lowest BCUT2D eigenvalue weighted by atomic mass is 9.97. The van der Waals surface area contributed by atoms with Gasteiger partial charge in [0.05, 0.1) is 4.47 Å². The van der Waals surface area contributed by atoms with Gasteiger partial charge in [-0.3, -0.25) is 76.0 Å². The van der Waals surface area contributed by atoms with Crippen LogP contribution in [0.15, 0.2) is 97.5 Å². The van der Waals surface area contributed by atoms with Crippen molar-refractivity contribution >= 4 is 110 Å². The molecule has 8 aromatic heterocycles. The van der Waals surface area contributed by atoms with Crippen molar-refractivity contribution in [3.63, 3.8) is 0 Å². The van der Waals surface area contributed by atoms with Crippen molar-refractivity contribution < 1.29 is 38.2 Å². The van der Waals surface area contributed by atoms with Gasteiger partial charge in [0.2, 0.25) is 0 Å². The van der Waals surface area contributed by atoms with E-state index in [4.69, 9.17) is 53.0 Å². The summed E-state index contributed by atoms with van der Waals surface area (Å²) in [6.45, 7) is 53.8. The summed E-state index contributed by atoms with van der Waals surface area (Å²) < 4.78 is 17.3. The SMILES string of the molecule is CC(C)(C)OC(=O)N(C(=O)OC(C)(C)C)c1cc(N)ncn1.[C-]#[N+]CN1CCC2(CC1)NC(=O)c1c(C)cc(Br)c(=O)n12.[C-]#[N+]CN1CCC2(CC1)NC(=O)c1c(C)cc(Nc3cc(C)ncn3)c(=O)n12.[C-]#[N+]CN1CCC2(CC1)NC(=O)c1c(C)cc(Nc3cc(N)ncn3)c(=O)n12.[C-]#[N+]CN1CCC2(CC1)NC(=O)c1c(C)cc(Nc3cc(N)ncn3)c(=O)n12. The maximum absolute atomic E-state index is 13.3. The van der Waals surface area contributed by atoms with Gasteiger partial charge in [0.15, 0.2) is 5.82 Å². The molecule has 127 heavy (non-hydrogen) atoms. The van der Waals surface area contributed by atoms with E-state index in [1.165, 1.54) is 37.2 Å². The van der Waals surface area contributed by atoms with E-state index in [1.54, 1.807) is 104 Å². The number of carbonyl (C=O) groups excluding carboxylic acids is 6. The van der Waals surface area contributed by atoms with E-state index in [0.29, 0.717) is 208 Å². The number of nitrogens with zero attached hydrogens (tertiary/aromatic N) is 21. The van der Waals surface area contributed by atoms with Crippen LogP contribution in [0.2, 0.25) is 0 Å². The number of nitrogen functional groups attached to an aromatic ring is 3. The number of hydrogen-bond donors (Lipinski definition) is 10. The first-order valence-corrected chi connectivity index (χ1v) is 41.3. The second kappa shape index (κ2) is 37.3. The number of likely N-dealkylation sites (tertiary alicyclic amines) is 4. The summed E-state index contributed by atoms with van der Waals surface area (Å²) in [6.07, 6.45) is 8.08. The lowest BCUT2D eigenvalue weighted by Crippen LogP contribution is -2.54. The number of aromatic nitrogens is 12. The smallest absolute Gasteiger partial charge is 0.425 e. The van der Waals surface area contributed by atoms with E-state index in [0.717, 1.165) is 23.1 Å². The maximum atomic E-state index is 13.3. The summed E-state index contributed by atoms with van der Waals surface area (Å²) in [7, 11) is 0. The number of fused-ring (bicyclic) bond motifs is 8. The van der Waals surface area contributed by atoms with Gasteiger partial charge < -0.3 is 63.9 Å². The van der Waals surface area contributed by atoms with Gasteiger partial charge in [0.1, 0.15) is 134 Å². The van der Waals surface area contributed by atoms with Crippen LogP contribution < -0.4 is 81.6 Å². The number of rotatable bonds is 11. The number of anilines is 10. The Morgan fingerprint density at radius 3 is 0.953 bits per heavy atom. The predicted molar refractivity (Wildman–Crippen MR) is 471 cm³/mol. The fraction of sp³-hybridized carbons (Fsp3) is 0.446. The molecule has 0 saturated carbocycles. The first kappa shape index (κ1) is 92.0. The maximum Gasteiger partial charge on any atom is 0.425 e. The average Bonchev–Trinajstić information content (AvgIpc) is 1.61. The summed E-state index contributed by atoms with van der Waals surface area (Å²) in [5, 5.41) is 21.2. The largest absolute Gasteiger partial charge is 0.443 e. The number of ether oxygens (including phenoxy) is 2. The second-order valence-electron chi connectivity index (χ2n) is 33.6. The van der Waals surface area contributed by atoms with E-state index >= 15 is 0 Å². The van der Waals surface area contributed by atoms with Crippen LogP contribution in [0, 0.1) is 60.9 Å². The molecule has 0 atom stereocenters. The van der Waals surface area contributed by atoms with E-state index in [-0.39, 0.29) is 69.1 Å². The van der Waals surface area contributed by atoms with Crippen LogP contribution in [-0.4, -0.2) is 204 Å². The van der Waals surface area contributed by atoms with Crippen molar-refractivity contribution in [3.8, 4) is 0 Å². The zero-order valence-electron chi connectivity index (χ0n) is 72.0. The average molecular weight is 1800 g/mol. The fourth-order valence-corrected chi connectivity index (χ4v) is 17.0. The number of imide groups is 1. The minimum Gasteiger partial charge on any atom is -0.443 e. The Morgan fingerprint density at radius 1 is 0.409 bits per heavy atom. The van der Waals surface area contributed by atoms with Crippen LogP contribution in [0.3, 0.4) is 0 Å². The van der Waals surface area contributed by atoms with Gasteiger partial charge in [-0.1, -0.05) is 0 Å². The molecule has 6 amide bonds. The van der Waals surface area contributed by atoms with Gasteiger partial charge in [-0.05, 0) is 139 Å². The molecule has 16 heterocycles. The Balaban J connectivity index is 0.000000145. The fourth-order valence-electron chi connectivity index (χ4n) is 16.5. The summed E-state index contributed by atoms with van der Waals surface area (Å²) in [4.78, 5) is 181. The van der Waals surface area contributed by atoms with Crippen LogP contribution in [0.5, 0.6) is 0 Å². The van der Waals surface area contributed by atoms with E-state index in [1.807, 2.05) is 40.4 Å². The van der Waals surface area contributed by atoms with Crippen LogP contribution >= 0.6 is 15.9 Å². The molecule has 13 N–H and O–H groups in total. The molecule has 8 aliphatic heterocycles.